The van der Waals surface area contributed by atoms with Crippen LogP contribution in [-0.4, -0.2) is 18.1 Å². The molecule has 3 nitrogen and oxygen atoms in total. The first-order chi connectivity index (χ1) is 8.31. The second kappa shape index (κ2) is 4.63. The molecule has 0 bridgehead atoms. The molecule has 1 aliphatic rings. The van der Waals surface area contributed by atoms with E-state index in [1.165, 1.54) is 36.1 Å². The van der Waals surface area contributed by atoms with Gasteiger partial charge < -0.3 is 11.1 Å². The van der Waals surface area contributed by atoms with E-state index in [2.05, 4.69) is 28.5 Å². The van der Waals surface area contributed by atoms with E-state index in [1.807, 2.05) is 0 Å². The zero-order valence-corrected chi connectivity index (χ0v) is 10.6. The van der Waals surface area contributed by atoms with E-state index in [0.717, 1.165) is 18.0 Å². The molecule has 4 heteroatoms. The summed E-state index contributed by atoms with van der Waals surface area (Å²) in [5, 5.41) is 4.13. The molecule has 3 N–H and O–H groups in total. The number of nitrogens with zero attached hydrogens (tertiary/aromatic N) is 1. The lowest BCUT2D eigenvalue weighted by Crippen LogP contribution is -2.30. The number of anilines is 1. The number of thiazole rings is 1. The maximum Gasteiger partial charge on any atom is 0.181 e. The summed E-state index contributed by atoms with van der Waals surface area (Å²) in [4.78, 5) is 4.29. The summed E-state index contributed by atoms with van der Waals surface area (Å²) in [7, 11) is 0. The van der Waals surface area contributed by atoms with Crippen molar-refractivity contribution < 1.29 is 0 Å². The number of nitrogens with one attached hydrogen (secondary N) is 1. The molecule has 2 aromatic rings. The van der Waals surface area contributed by atoms with Crippen LogP contribution in [0, 0.1) is 5.92 Å². The molecule has 1 atom stereocenters. The van der Waals surface area contributed by atoms with Gasteiger partial charge in [0.2, 0.25) is 0 Å². The van der Waals surface area contributed by atoms with Gasteiger partial charge in [-0.05, 0) is 56.0 Å². The van der Waals surface area contributed by atoms with Crippen molar-refractivity contribution in [3.63, 3.8) is 0 Å². The van der Waals surface area contributed by atoms with E-state index in [9.17, 15) is 0 Å². The Bertz CT molecular complexity index is 514. The standard InChI is InChI=1S/C13H17N3S/c14-13-16-11-4-3-9(7-12(11)17-13)6-10-2-1-5-15-8-10/h3-4,7,10,15H,1-2,5-6,8H2,(H2,14,16). The van der Waals surface area contributed by atoms with Crippen LogP contribution in [0.15, 0.2) is 18.2 Å². The van der Waals surface area contributed by atoms with Crippen LogP contribution in [0.4, 0.5) is 5.13 Å². The summed E-state index contributed by atoms with van der Waals surface area (Å²) in [6.45, 7) is 2.34. The number of rotatable bonds is 2. The lowest BCUT2D eigenvalue weighted by atomic mass is 9.92. The van der Waals surface area contributed by atoms with Gasteiger partial charge in [-0.15, -0.1) is 0 Å². The number of benzene rings is 1. The molecule has 0 radical (unpaired) electrons. The number of hydrogen-bond donors (Lipinski definition) is 2. The third-order valence-corrected chi connectivity index (χ3v) is 4.24. The summed E-state index contributed by atoms with van der Waals surface area (Å²) in [5.41, 5.74) is 8.16. The monoisotopic (exact) mass is 247 g/mol. The van der Waals surface area contributed by atoms with Crippen LogP contribution in [0.5, 0.6) is 0 Å². The molecule has 1 saturated heterocycles. The number of nitrogen functional groups attached to an aromatic ring is 1. The second-order valence-corrected chi connectivity index (χ2v) is 5.83. The fourth-order valence-electron chi connectivity index (χ4n) is 2.55. The Balaban J connectivity index is 1.79. The molecule has 1 unspecified atom stereocenters. The van der Waals surface area contributed by atoms with Crippen LogP contribution >= 0.6 is 11.3 Å². The first kappa shape index (κ1) is 11.0. The Hall–Kier alpha value is -1.13. The Morgan fingerprint density at radius 1 is 1.47 bits per heavy atom. The third kappa shape index (κ3) is 2.42. The Labute approximate surface area is 105 Å². The summed E-state index contributed by atoms with van der Waals surface area (Å²) in [6.07, 6.45) is 3.82. The SMILES string of the molecule is Nc1nc2ccc(CC3CCCNC3)cc2s1. The van der Waals surface area contributed by atoms with Gasteiger partial charge in [-0.2, -0.15) is 0 Å². The van der Waals surface area contributed by atoms with Crippen molar-refractivity contribution in [2.24, 2.45) is 5.92 Å². The van der Waals surface area contributed by atoms with Gasteiger partial charge in [0.25, 0.3) is 0 Å². The van der Waals surface area contributed by atoms with Gasteiger partial charge in [0.05, 0.1) is 10.2 Å². The molecular weight excluding hydrogens is 230 g/mol. The van der Waals surface area contributed by atoms with Crippen LogP contribution in [0.3, 0.4) is 0 Å². The first-order valence-corrected chi connectivity index (χ1v) is 6.98. The van der Waals surface area contributed by atoms with Gasteiger partial charge in [-0.1, -0.05) is 17.4 Å². The van der Waals surface area contributed by atoms with Crippen molar-refractivity contribution in [1.29, 1.82) is 0 Å². The maximum absolute atomic E-state index is 5.72. The second-order valence-electron chi connectivity index (χ2n) is 4.77. The predicted octanol–water partition coefficient (Wildman–Crippen LogP) is 2.42. The minimum Gasteiger partial charge on any atom is -0.375 e. The van der Waals surface area contributed by atoms with E-state index in [-0.39, 0.29) is 0 Å². The van der Waals surface area contributed by atoms with Gasteiger partial charge >= 0.3 is 0 Å². The summed E-state index contributed by atoms with van der Waals surface area (Å²) in [5.74, 6) is 0.784. The van der Waals surface area contributed by atoms with Crippen LogP contribution in [-0.2, 0) is 6.42 Å². The van der Waals surface area contributed by atoms with Gasteiger partial charge in [-0.3, -0.25) is 0 Å². The van der Waals surface area contributed by atoms with E-state index >= 15 is 0 Å². The van der Waals surface area contributed by atoms with Crippen LogP contribution in [0.25, 0.3) is 10.2 Å². The Morgan fingerprint density at radius 2 is 2.41 bits per heavy atom. The number of nitrogens with two attached hydrogens (primary N) is 1. The quantitative estimate of drug-likeness (QED) is 0.857. The van der Waals surface area contributed by atoms with Crippen molar-refractivity contribution in [1.82, 2.24) is 10.3 Å². The first-order valence-electron chi connectivity index (χ1n) is 6.17. The van der Waals surface area contributed by atoms with Crippen molar-refractivity contribution in [2.75, 3.05) is 18.8 Å². The largest absolute Gasteiger partial charge is 0.375 e. The fraction of sp³-hybridized carbons (Fsp3) is 0.462. The minimum atomic E-state index is 0.663. The molecule has 2 heterocycles. The van der Waals surface area contributed by atoms with Crippen LogP contribution in [0.1, 0.15) is 18.4 Å². The van der Waals surface area contributed by atoms with Crippen molar-refractivity contribution in [3.05, 3.63) is 23.8 Å². The molecule has 1 aliphatic heterocycles. The normalized spacial score (nSPS) is 20.8. The molecule has 0 saturated carbocycles. The number of fused-ring (bicyclic) bond motifs is 1. The van der Waals surface area contributed by atoms with Crippen LogP contribution < -0.4 is 11.1 Å². The molecule has 0 spiro atoms. The van der Waals surface area contributed by atoms with Gasteiger partial charge in [0.1, 0.15) is 0 Å². The van der Waals surface area contributed by atoms with E-state index in [1.54, 1.807) is 11.3 Å². The average Bonchev–Trinajstić information content (AvgIpc) is 2.70. The topological polar surface area (TPSA) is 50.9 Å². The molecule has 1 fully saturated rings. The number of aromatic nitrogens is 1. The summed E-state index contributed by atoms with van der Waals surface area (Å²) < 4.78 is 1.21. The average molecular weight is 247 g/mol. The van der Waals surface area contributed by atoms with Crippen molar-refractivity contribution >= 4 is 26.7 Å². The Morgan fingerprint density at radius 3 is 3.24 bits per heavy atom. The maximum atomic E-state index is 5.72. The number of hydrogen-bond acceptors (Lipinski definition) is 4. The molecule has 1 aromatic heterocycles. The highest BCUT2D eigenvalue weighted by atomic mass is 32.1. The fourth-order valence-corrected chi connectivity index (χ4v) is 3.34. The van der Waals surface area contributed by atoms with Gasteiger partial charge in [0.15, 0.2) is 5.13 Å². The van der Waals surface area contributed by atoms with Crippen LogP contribution in [0.2, 0.25) is 0 Å². The molecule has 0 amide bonds. The Kier molecular flexibility index (Phi) is 2.99. The number of piperidine rings is 1. The molecule has 17 heavy (non-hydrogen) atoms. The molecule has 3 rings (SSSR count). The third-order valence-electron chi connectivity index (χ3n) is 3.39. The summed E-state index contributed by atoms with van der Waals surface area (Å²) in [6, 6.07) is 6.53. The zero-order chi connectivity index (χ0) is 11.7. The van der Waals surface area contributed by atoms with E-state index in [4.69, 9.17) is 5.73 Å². The summed E-state index contributed by atoms with van der Waals surface area (Å²) >= 11 is 1.58. The van der Waals surface area contributed by atoms with E-state index < -0.39 is 0 Å². The smallest absolute Gasteiger partial charge is 0.181 e. The van der Waals surface area contributed by atoms with Gasteiger partial charge in [-0.25, -0.2) is 4.98 Å². The van der Waals surface area contributed by atoms with Crippen molar-refractivity contribution in [3.8, 4) is 0 Å². The van der Waals surface area contributed by atoms with Crippen molar-refractivity contribution in [2.45, 2.75) is 19.3 Å². The molecular formula is C13H17N3S. The highest BCUT2D eigenvalue weighted by molar-refractivity contribution is 7.22. The lowest BCUT2D eigenvalue weighted by Gasteiger charge is -2.22. The minimum absolute atomic E-state index is 0.663. The predicted molar refractivity (Wildman–Crippen MR) is 73.3 cm³/mol. The molecule has 0 aliphatic carbocycles. The molecule has 1 aromatic carbocycles. The lowest BCUT2D eigenvalue weighted by molar-refractivity contribution is 0.376. The molecule has 90 valence electrons. The zero-order valence-electron chi connectivity index (χ0n) is 9.78. The highest BCUT2D eigenvalue weighted by Crippen LogP contribution is 2.26. The van der Waals surface area contributed by atoms with Gasteiger partial charge in [0, 0.05) is 0 Å². The highest BCUT2D eigenvalue weighted by Gasteiger charge is 2.13. The van der Waals surface area contributed by atoms with E-state index in [0.29, 0.717) is 5.13 Å².